The fourth-order valence-corrected chi connectivity index (χ4v) is 2.74. The van der Waals surface area contributed by atoms with Crippen LogP contribution in [-0.2, 0) is 6.18 Å². The lowest BCUT2D eigenvalue weighted by Gasteiger charge is -2.19. The Balaban J connectivity index is 2.22. The molecule has 1 amide bonds. The van der Waals surface area contributed by atoms with Crippen molar-refractivity contribution in [2.75, 3.05) is 13.2 Å². The molecule has 1 N–H and O–H groups in total. The minimum Gasteiger partial charge on any atom is -0.490 e. The van der Waals surface area contributed by atoms with Crippen LogP contribution in [0.15, 0.2) is 42.5 Å². The van der Waals surface area contributed by atoms with Gasteiger partial charge >= 0.3 is 6.18 Å². The van der Waals surface area contributed by atoms with Crippen LogP contribution in [0.3, 0.4) is 0 Å². The molecule has 0 aliphatic carbocycles. The zero-order chi connectivity index (χ0) is 21.4. The van der Waals surface area contributed by atoms with Gasteiger partial charge in [-0.15, -0.1) is 0 Å². The largest absolute Gasteiger partial charge is 0.490 e. The Kier molecular flexibility index (Phi) is 7.93. The molecular formula is C22H26F3NO3. The SMILES string of the molecule is CCCOc1ccc(C(C)NC(=O)c2ccccc2C(F)(F)F)cc1OCCC. The molecule has 0 heterocycles. The highest BCUT2D eigenvalue weighted by Crippen LogP contribution is 2.33. The highest BCUT2D eigenvalue weighted by molar-refractivity contribution is 5.96. The van der Waals surface area contributed by atoms with Gasteiger partial charge in [-0.3, -0.25) is 4.79 Å². The lowest BCUT2D eigenvalue weighted by atomic mass is 10.0. The molecule has 0 aliphatic rings. The standard InChI is InChI=1S/C22H26F3NO3/c1-4-12-28-19-11-10-16(14-20(19)29-13-5-2)15(3)26-21(27)17-8-6-7-9-18(17)22(23,24)25/h6-11,14-15H,4-5,12-13H2,1-3H3,(H,26,27). The van der Waals surface area contributed by atoms with E-state index in [0.717, 1.165) is 18.9 Å². The number of hydrogen-bond acceptors (Lipinski definition) is 3. The van der Waals surface area contributed by atoms with Crippen molar-refractivity contribution < 1.29 is 27.4 Å². The first kappa shape index (κ1) is 22.6. The summed E-state index contributed by atoms with van der Waals surface area (Å²) in [5.41, 5.74) is -0.657. The minimum absolute atomic E-state index is 0.405. The van der Waals surface area contributed by atoms with Crippen molar-refractivity contribution >= 4 is 5.91 Å². The van der Waals surface area contributed by atoms with Gasteiger partial charge in [0.05, 0.1) is 30.4 Å². The second kappa shape index (κ2) is 10.2. The number of hydrogen-bond donors (Lipinski definition) is 1. The van der Waals surface area contributed by atoms with Crippen LogP contribution in [0.2, 0.25) is 0 Å². The number of nitrogens with one attached hydrogen (secondary N) is 1. The van der Waals surface area contributed by atoms with E-state index in [1.807, 2.05) is 13.8 Å². The Morgan fingerprint density at radius 1 is 1.00 bits per heavy atom. The van der Waals surface area contributed by atoms with Gasteiger partial charge < -0.3 is 14.8 Å². The molecule has 158 valence electrons. The van der Waals surface area contributed by atoms with Crippen molar-refractivity contribution in [3.8, 4) is 11.5 Å². The first-order chi connectivity index (χ1) is 13.8. The number of amides is 1. The van der Waals surface area contributed by atoms with Gasteiger partial charge in [0, 0.05) is 0 Å². The minimum atomic E-state index is -4.60. The molecule has 1 atom stereocenters. The monoisotopic (exact) mass is 409 g/mol. The molecule has 0 spiro atoms. The molecule has 0 fully saturated rings. The van der Waals surface area contributed by atoms with E-state index < -0.39 is 29.3 Å². The van der Waals surface area contributed by atoms with Crippen molar-refractivity contribution in [3.05, 3.63) is 59.2 Å². The summed E-state index contributed by atoms with van der Waals surface area (Å²) in [5, 5.41) is 2.64. The zero-order valence-corrected chi connectivity index (χ0v) is 16.8. The van der Waals surface area contributed by atoms with Crippen molar-refractivity contribution in [1.29, 1.82) is 0 Å². The Hall–Kier alpha value is -2.70. The lowest BCUT2D eigenvalue weighted by molar-refractivity contribution is -0.137. The second-order valence-corrected chi connectivity index (χ2v) is 6.64. The third-order valence-corrected chi connectivity index (χ3v) is 4.22. The maximum atomic E-state index is 13.2. The van der Waals surface area contributed by atoms with Crippen molar-refractivity contribution in [2.24, 2.45) is 0 Å². The summed E-state index contributed by atoms with van der Waals surface area (Å²) in [6, 6.07) is 9.49. The average Bonchev–Trinajstić information content (AvgIpc) is 2.70. The van der Waals surface area contributed by atoms with Crippen LogP contribution >= 0.6 is 0 Å². The molecule has 2 aromatic rings. The molecule has 4 nitrogen and oxygen atoms in total. The molecule has 0 aromatic heterocycles. The van der Waals surface area contributed by atoms with Crippen LogP contribution in [-0.4, -0.2) is 19.1 Å². The van der Waals surface area contributed by atoms with E-state index in [0.29, 0.717) is 30.3 Å². The van der Waals surface area contributed by atoms with E-state index in [1.165, 1.54) is 18.2 Å². The fraction of sp³-hybridized carbons (Fsp3) is 0.409. The number of alkyl halides is 3. The molecule has 2 aromatic carbocycles. The van der Waals surface area contributed by atoms with Crippen LogP contribution in [0, 0.1) is 0 Å². The van der Waals surface area contributed by atoms with Gasteiger partial charge in [-0.2, -0.15) is 13.2 Å². The van der Waals surface area contributed by atoms with Gasteiger partial charge in [0.1, 0.15) is 0 Å². The molecule has 1 unspecified atom stereocenters. The Morgan fingerprint density at radius 2 is 1.62 bits per heavy atom. The Bertz CT molecular complexity index is 821. The molecule has 7 heteroatoms. The number of benzene rings is 2. The van der Waals surface area contributed by atoms with Crippen LogP contribution in [0.1, 0.15) is 61.1 Å². The Labute approximate surface area is 169 Å². The molecule has 0 radical (unpaired) electrons. The number of ether oxygens (including phenoxy) is 2. The molecule has 0 saturated heterocycles. The molecule has 0 aliphatic heterocycles. The summed E-state index contributed by atoms with van der Waals surface area (Å²) in [6.45, 7) is 6.74. The molecule has 0 bridgehead atoms. The van der Waals surface area contributed by atoms with E-state index in [2.05, 4.69) is 5.32 Å². The van der Waals surface area contributed by atoms with Gasteiger partial charge in [0.15, 0.2) is 11.5 Å². The van der Waals surface area contributed by atoms with Crippen LogP contribution in [0.5, 0.6) is 11.5 Å². The molecule has 29 heavy (non-hydrogen) atoms. The fourth-order valence-electron chi connectivity index (χ4n) is 2.74. The summed E-state index contributed by atoms with van der Waals surface area (Å²) in [4.78, 5) is 12.5. The predicted octanol–water partition coefficient (Wildman–Crippen LogP) is 5.77. The van der Waals surface area contributed by atoms with Gasteiger partial charge in [0.25, 0.3) is 5.91 Å². The van der Waals surface area contributed by atoms with Crippen molar-refractivity contribution in [3.63, 3.8) is 0 Å². The van der Waals surface area contributed by atoms with E-state index in [9.17, 15) is 18.0 Å². The van der Waals surface area contributed by atoms with Gasteiger partial charge in [-0.25, -0.2) is 0 Å². The summed E-state index contributed by atoms with van der Waals surface area (Å²) >= 11 is 0. The maximum absolute atomic E-state index is 13.2. The lowest BCUT2D eigenvalue weighted by Crippen LogP contribution is -2.28. The highest BCUT2D eigenvalue weighted by Gasteiger charge is 2.35. The van der Waals surface area contributed by atoms with Gasteiger partial charge in [0.2, 0.25) is 0 Å². The Morgan fingerprint density at radius 3 is 2.24 bits per heavy atom. The predicted molar refractivity (Wildman–Crippen MR) is 105 cm³/mol. The van der Waals surface area contributed by atoms with Gasteiger partial charge in [-0.05, 0) is 49.6 Å². The summed E-state index contributed by atoms with van der Waals surface area (Å²) in [7, 11) is 0. The van der Waals surface area contributed by atoms with Crippen LogP contribution in [0.25, 0.3) is 0 Å². The van der Waals surface area contributed by atoms with E-state index in [4.69, 9.17) is 9.47 Å². The second-order valence-electron chi connectivity index (χ2n) is 6.64. The first-order valence-corrected chi connectivity index (χ1v) is 9.64. The van der Waals surface area contributed by atoms with E-state index >= 15 is 0 Å². The number of carbonyl (C=O) groups is 1. The number of carbonyl (C=O) groups excluding carboxylic acids is 1. The summed E-state index contributed by atoms with van der Waals surface area (Å²) in [6.07, 6.45) is -2.94. The quantitative estimate of drug-likeness (QED) is 0.572. The maximum Gasteiger partial charge on any atom is 0.417 e. The van der Waals surface area contributed by atoms with Crippen molar-refractivity contribution in [1.82, 2.24) is 5.32 Å². The number of rotatable bonds is 9. The van der Waals surface area contributed by atoms with Gasteiger partial charge in [-0.1, -0.05) is 32.0 Å². The number of halogens is 3. The summed E-state index contributed by atoms with van der Waals surface area (Å²) < 4.78 is 51.0. The third kappa shape index (κ3) is 6.14. The smallest absolute Gasteiger partial charge is 0.417 e. The molecular weight excluding hydrogens is 383 g/mol. The summed E-state index contributed by atoms with van der Waals surface area (Å²) in [5.74, 6) is 0.368. The molecule has 0 saturated carbocycles. The zero-order valence-electron chi connectivity index (χ0n) is 16.8. The van der Waals surface area contributed by atoms with E-state index in [-0.39, 0.29) is 0 Å². The first-order valence-electron chi connectivity index (χ1n) is 9.64. The highest BCUT2D eigenvalue weighted by atomic mass is 19.4. The van der Waals surface area contributed by atoms with Crippen LogP contribution < -0.4 is 14.8 Å². The van der Waals surface area contributed by atoms with Crippen molar-refractivity contribution in [2.45, 2.75) is 45.8 Å². The third-order valence-electron chi connectivity index (χ3n) is 4.22. The average molecular weight is 409 g/mol. The molecule has 2 rings (SSSR count). The van der Waals surface area contributed by atoms with E-state index in [1.54, 1.807) is 25.1 Å². The van der Waals surface area contributed by atoms with Crippen LogP contribution in [0.4, 0.5) is 13.2 Å². The topological polar surface area (TPSA) is 47.6 Å². The normalized spacial score (nSPS) is 12.3.